The van der Waals surface area contributed by atoms with Crippen LogP contribution in [0, 0.1) is 0 Å². The van der Waals surface area contributed by atoms with Crippen LogP contribution in [0.1, 0.15) is 38.1 Å². The van der Waals surface area contributed by atoms with Crippen molar-refractivity contribution in [3.63, 3.8) is 0 Å². The van der Waals surface area contributed by atoms with Crippen LogP contribution in [0.4, 0.5) is 10.2 Å². The van der Waals surface area contributed by atoms with E-state index in [2.05, 4.69) is 25.7 Å². The number of halogens is 1. The Morgan fingerprint density at radius 2 is 2.10 bits per heavy atom. The van der Waals surface area contributed by atoms with Crippen LogP contribution in [0.2, 0.25) is 0 Å². The van der Waals surface area contributed by atoms with Gasteiger partial charge in [0.15, 0.2) is 5.65 Å². The third-order valence-electron chi connectivity index (χ3n) is 4.41. The van der Waals surface area contributed by atoms with Crippen LogP contribution in [0.15, 0.2) is 35.3 Å². The van der Waals surface area contributed by atoms with E-state index in [1.807, 2.05) is 13.8 Å². The lowest BCUT2D eigenvalue weighted by molar-refractivity contribution is -0.00177. The average molecular weight is 416 g/mol. The van der Waals surface area contributed by atoms with Gasteiger partial charge in [-0.3, -0.25) is 9.59 Å². The zero-order chi connectivity index (χ0) is 22.1. The van der Waals surface area contributed by atoms with Crippen molar-refractivity contribution in [3.05, 3.63) is 46.4 Å². The van der Waals surface area contributed by atoms with Gasteiger partial charge in [0.25, 0.3) is 5.91 Å². The van der Waals surface area contributed by atoms with E-state index in [1.165, 1.54) is 30.6 Å². The van der Waals surface area contributed by atoms with E-state index < -0.39 is 17.7 Å². The standard InChI is InChI=1S/C20H25FN6O3/c1-11(2)24-18-12(19(29)23-10-15(21)20(3,4)30)9-22-16-8-14(26-27(16)18)13-6-5-7-17(28)25-13/h5-9,11,15,24,30H,10H2,1-4H3,(H,23,29)(H,25,28). The Morgan fingerprint density at radius 3 is 2.73 bits per heavy atom. The molecule has 10 heteroatoms. The Labute approximate surface area is 172 Å². The Bertz CT molecular complexity index is 1120. The maximum Gasteiger partial charge on any atom is 0.256 e. The van der Waals surface area contributed by atoms with Crippen LogP contribution in [0.3, 0.4) is 0 Å². The van der Waals surface area contributed by atoms with Crippen LogP contribution < -0.4 is 16.2 Å². The molecule has 0 radical (unpaired) electrons. The molecular formula is C20H25FN6O3. The molecule has 1 atom stereocenters. The van der Waals surface area contributed by atoms with Gasteiger partial charge in [-0.15, -0.1) is 0 Å². The maximum atomic E-state index is 14.0. The second-order valence-electron chi connectivity index (χ2n) is 7.88. The summed E-state index contributed by atoms with van der Waals surface area (Å²) >= 11 is 0. The van der Waals surface area contributed by atoms with Crippen LogP contribution in [0.5, 0.6) is 0 Å². The summed E-state index contributed by atoms with van der Waals surface area (Å²) in [7, 11) is 0. The van der Waals surface area contributed by atoms with Crippen molar-refractivity contribution in [2.24, 2.45) is 0 Å². The van der Waals surface area contributed by atoms with Gasteiger partial charge < -0.3 is 20.7 Å². The average Bonchev–Trinajstić information content (AvgIpc) is 3.10. The number of carbonyl (C=O) groups is 1. The number of hydrogen-bond acceptors (Lipinski definition) is 6. The molecule has 160 valence electrons. The highest BCUT2D eigenvalue weighted by Gasteiger charge is 2.27. The zero-order valence-corrected chi connectivity index (χ0v) is 17.2. The molecule has 0 aliphatic rings. The minimum absolute atomic E-state index is 0.0309. The lowest BCUT2D eigenvalue weighted by Crippen LogP contribution is -2.42. The van der Waals surface area contributed by atoms with Crippen LogP contribution >= 0.6 is 0 Å². The number of alkyl halides is 1. The molecule has 0 spiro atoms. The predicted molar refractivity (Wildman–Crippen MR) is 111 cm³/mol. The molecule has 3 aromatic rings. The molecule has 30 heavy (non-hydrogen) atoms. The van der Waals surface area contributed by atoms with Gasteiger partial charge in [0.1, 0.15) is 23.2 Å². The largest absolute Gasteiger partial charge is 0.387 e. The molecule has 3 rings (SSSR count). The van der Waals surface area contributed by atoms with E-state index in [4.69, 9.17) is 0 Å². The summed E-state index contributed by atoms with van der Waals surface area (Å²) in [6.07, 6.45) is -0.253. The number of nitrogens with one attached hydrogen (secondary N) is 3. The highest BCUT2D eigenvalue weighted by molar-refractivity contribution is 5.99. The summed E-state index contributed by atoms with van der Waals surface area (Å²) in [6.45, 7) is 6.12. The topological polar surface area (TPSA) is 124 Å². The number of nitrogens with zero attached hydrogens (tertiary/aromatic N) is 3. The van der Waals surface area contributed by atoms with Crippen molar-refractivity contribution < 1.29 is 14.3 Å². The lowest BCUT2D eigenvalue weighted by Gasteiger charge is -2.22. The van der Waals surface area contributed by atoms with Crippen molar-refractivity contribution in [2.75, 3.05) is 11.9 Å². The number of anilines is 1. The zero-order valence-electron chi connectivity index (χ0n) is 17.2. The normalized spacial score (nSPS) is 12.9. The van der Waals surface area contributed by atoms with Gasteiger partial charge in [-0.25, -0.2) is 9.37 Å². The van der Waals surface area contributed by atoms with Crippen molar-refractivity contribution >= 4 is 17.4 Å². The van der Waals surface area contributed by atoms with Gasteiger partial charge in [0.05, 0.1) is 17.8 Å². The molecule has 0 aliphatic heterocycles. The van der Waals surface area contributed by atoms with Crippen LogP contribution in [-0.2, 0) is 0 Å². The number of pyridine rings is 1. The summed E-state index contributed by atoms with van der Waals surface area (Å²) in [5.74, 6) is -0.166. The lowest BCUT2D eigenvalue weighted by atomic mass is 10.0. The molecule has 1 unspecified atom stereocenters. The van der Waals surface area contributed by atoms with E-state index in [1.54, 1.807) is 18.2 Å². The maximum absolute atomic E-state index is 14.0. The number of carbonyl (C=O) groups excluding carboxylic acids is 1. The number of aromatic amines is 1. The van der Waals surface area contributed by atoms with E-state index >= 15 is 0 Å². The number of H-pyrrole nitrogens is 1. The van der Waals surface area contributed by atoms with Gasteiger partial charge in [-0.1, -0.05) is 6.07 Å². The van der Waals surface area contributed by atoms with Crippen molar-refractivity contribution in [3.8, 4) is 11.4 Å². The second kappa shape index (κ2) is 8.23. The Hall–Kier alpha value is -3.27. The fraction of sp³-hybridized carbons (Fsp3) is 0.400. The molecule has 3 aromatic heterocycles. The smallest absolute Gasteiger partial charge is 0.256 e. The first kappa shape index (κ1) is 21.4. The van der Waals surface area contributed by atoms with Crippen molar-refractivity contribution in [1.29, 1.82) is 0 Å². The number of amides is 1. The molecule has 0 saturated carbocycles. The molecule has 4 N–H and O–H groups in total. The van der Waals surface area contributed by atoms with E-state index in [0.29, 0.717) is 22.9 Å². The fourth-order valence-electron chi connectivity index (χ4n) is 2.77. The van der Waals surface area contributed by atoms with Gasteiger partial charge in [-0.2, -0.15) is 9.61 Å². The van der Waals surface area contributed by atoms with Crippen LogP contribution in [-0.4, -0.2) is 55.0 Å². The van der Waals surface area contributed by atoms with Gasteiger partial charge in [0, 0.05) is 24.4 Å². The molecular weight excluding hydrogens is 391 g/mol. The van der Waals surface area contributed by atoms with E-state index in [9.17, 15) is 19.1 Å². The predicted octanol–water partition coefficient (Wildman–Crippen LogP) is 1.74. The summed E-state index contributed by atoms with van der Waals surface area (Å²) < 4.78 is 15.5. The Kier molecular flexibility index (Phi) is 5.88. The minimum Gasteiger partial charge on any atom is -0.387 e. The van der Waals surface area contributed by atoms with E-state index in [-0.39, 0.29) is 23.7 Å². The summed E-state index contributed by atoms with van der Waals surface area (Å²) in [6, 6.07) is 6.39. The highest BCUT2D eigenvalue weighted by atomic mass is 19.1. The summed E-state index contributed by atoms with van der Waals surface area (Å²) in [5.41, 5.74) is -0.191. The van der Waals surface area contributed by atoms with Gasteiger partial charge in [-0.05, 0) is 33.8 Å². The van der Waals surface area contributed by atoms with E-state index in [0.717, 1.165) is 0 Å². The molecule has 0 bridgehead atoms. The third-order valence-corrected chi connectivity index (χ3v) is 4.41. The SMILES string of the molecule is CC(C)Nc1c(C(=O)NCC(F)C(C)(C)O)cnc2cc(-c3cccc(=O)[nH]3)nn12. The highest BCUT2D eigenvalue weighted by Crippen LogP contribution is 2.22. The Balaban J connectivity index is 2.00. The first-order chi connectivity index (χ1) is 14.1. The summed E-state index contributed by atoms with van der Waals surface area (Å²) in [4.78, 5) is 31.3. The van der Waals surface area contributed by atoms with Crippen LogP contribution in [0.25, 0.3) is 17.0 Å². The quantitative estimate of drug-likeness (QED) is 0.465. The monoisotopic (exact) mass is 416 g/mol. The van der Waals surface area contributed by atoms with Crippen molar-refractivity contribution in [1.82, 2.24) is 24.9 Å². The molecule has 0 fully saturated rings. The number of aliphatic hydroxyl groups is 1. The third kappa shape index (κ3) is 4.65. The number of hydrogen-bond donors (Lipinski definition) is 4. The fourth-order valence-corrected chi connectivity index (χ4v) is 2.77. The minimum atomic E-state index is -1.63. The molecule has 1 amide bonds. The molecule has 0 aromatic carbocycles. The molecule has 3 heterocycles. The second-order valence-corrected chi connectivity index (χ2v) is 7.88. The number of fused-ring (bicyclic) bond motifs is 1. The van der Waals surface area contributed by atoms with Gasteiger partial charge >= 0.3 is 0 Å². The number of rotatable bonds is 7. The first-order valence-corrected chi connectivity index (χ1v) is 9.56. The van der Waals surface area contributed by atoms with Gasteiger partial charge in [0.2, 0.25) is 5.56 Å². The summed E-state index contributed by atoms with van der Waals surface area (Å²) in [5, 5.41) is 19.9. The first-order valence-electron chi connectivity index (χ1n) is 9.56. The number of aromatic nitrogens is 4. The Morgan fingerprint density at radius 1 is 1.37 bits per heavy atom. The molecule has 9 nitrogen and oxygen atoms in total. The molecule has 0 saturated heterocycles. The molecule has 0 aliphatic carbocycles. The van der Waals surface area contributed by atoms with Crippen molar-refractivity contribution in [2.45, 2.75) is 45.5 Å².